The quantitative estimate of drug-likeness (QED) is 0.390. The van der Waals surface area contributed by atoms with Gasteiger partial charge < -0.3 is 10.5 Å². The minimum atomic E-state index is -0.475. The van der Waals surface area contributed by atoms with Gasteiger partial charge in [-0.1, -0.05) is 13.8 Å². The van der Waals surface area contributed by atoms with Gasteiger partial charge in [-0.15, -0.1) is 0 Å². The maximum absolute atomic E-state index is 13.6. The molecule has 34 heavy (non-hydrogen) atoms. The van der Waals surface area contributed by atoms with Crippen LogP contribution in [0.3, 0.4) is 0 Å². The van der Waals surface area contributed by atoms with Crippen molar-refractivity contribution in [2.75, 3.05) is 32.0 Å². The van der Waals surface area contributed by atoms with Crippen LogP contribution in [0.15, 0.2) is 30.3 Å². The molecule has 10 heteroatoms. The standard InChI is InChI=1S/C24H29FN6O3/c1-14(2)12-20-24(31(32)33)18(26)13-19(27-20)21-22(15(3)30-8-10-34-11-9-30)28-29-23(21)16-4-6-17(25)7-5-16/h4-7,13-15H,8-12H2,1-3H3,(H2,26,27)(H,28,29). The van der Waals surface area contributed by atoms with Crippen LogP contribution >= 0.6 is 0 Å². The van der Waals surface area contributed by atoms with Crippen molar-refractivity contribution < 1.29 is 14.1 Å². The SMILES string of the molecule is CC(C)Cc1nc(-c2c(-c3ccc(F)cc3)n[nH]c2C(C)N2CCOCC2)cc(N)c1[N+](=O)[O-]. The molecule has 0 bridgehead atoms. The molecule has 3 aromatic rings. The lowest BCUT2D eigenvalue weighted by atomic mass is 9.97. The molecule has 1 aromatic carbocycles. The molecule has 9 nitrogen and oxygen atoms in total. The maximum Gasteiger partial charge on any atom is 0.313 e. The average Bonchev–Trinajstić information content (AvgIpc) is 3.23. The van der Waals surface area contributed by atoms with Gasteiger partial charge in [0.15, 0.2) is 0 Å². The first-order valence-corrected chi connectivity index (χ1v) is 11.4. The number of pyridine rings is 1. The Morgan fingerprint density at radius 2 is 1.91 bits per heavy atom. The number of rotatable bonds is 7. The third kappa shape index (κ3) is 4.78. The average molecular weight is 469 g/mol. The van der Waals surface area contributed by atoms with E-state index in [1.807, 2.05) is 13.8 Å². The summed E-state index contributed by atoms with van der Waals surface area (Å²) < 4.78 is 19.1. The predicted octanol–water partition coefficient (Wildman–Crippen LogP) is 4.36. The minimum Gasteiger partial charge on any atom is -0.393 e. The third-order valence-electron chi connectivity index (χ3n) is 6.06. The summed E-state index contributed by atoms with van der Waals surface area (Å²) >= 11 is 0. The van der Waals surface area contributed by atoms with E-state index in [9.17, 15) is 14.5 Å². The summed E-state index contributed by atoms with van der Waals surface area (Å²) in [6.45, 7) is 8.82. The first-order valence-electron chi connectivity index (χ1n) is 11.4. The van der Waals surface area contributed by atoms with E-state index < -0.39 is 4.92 Å². The number of nitrogens with two attached hydrogens (primary N) is 1. The molecule has 180 valence electrons. The third-order valence-corrected chi connectivity index (χ3v) is 6.06. The van der Waals surface area contributed by atoms with E-state index >= 15 is 0 Å². The largest absolute Gasteiger partial charge is 0.393 e. The zero-order valence-electron chi connectivity index (χ0n) is 19.5. The van der Waals surface area contributed by atoms with Gasteiger partial charge in [-0.3, -0.25) is 20.1 Å². The molecule has 1 saturated heterocycles. The fourth-order valence-electron chi connectivity index (χ4n) is 4.36. The number of nitrogen functional groups attached to an aromatic ring is 1. The molecule has 3 heterocycles. The number of H-pyrrole nitrogens is 1. The van der Waals surface area contributed by atoms with Crippen molar-refractivity contribution in [3.63, 3.8) is 0 Å². The molecule has 0 aliphatic carbocycles. The van der Waals surface area contributed by atoms with E-state index in [-0.39, 0.29) is 29.2 Å². The number of nitrogens with one attached hydrogen (secondary N) is 1. The Morgan fingerprint density at radius 1 is 1.24 bits per heavy atom. The normalized spacial score (nSPS) is 15.6. The van der Waals surface area contributed by atoms with Crippen LogP contribution in [0.1, 0.15) is 38.2 Å². The number of halogens is 1. The van der Waals surface area contributed by atoms with E-state index in [1.165, 1.54) is 18.2 Å². The highest BCUT2D eigenvalue weighted by molar-refractivity contribution is 5.83. The predicted molar refractivity (Wildman–Crippen MR) is 128 cm³/mol. The molecule has 1 aliphatic heterocycles. The van der Waals surface area contributed by atoms with Crippen molar-refractivity contribution in [1.29, 1.82) is 0 Å². The number of nitro groups is 1. The van der Waals surface area contributed by atoms with Crippen LogP contribution in [0.2, 0.25) is 0 Å². The summed E-state index contributed by atoms with van der Waals surface area (Å²) in [4.78, 5) is 18.3. The lowest BCUT2D eigenvalue weighted by molar-refractivity contribution is -0.385. The van der Waals surface area contributed by atoms with Crippen LogP contribution in [-0.4, -0.2) is 51.3 Å². The van der Waals surface area contributed by atoms with Gasteiger partial charge in [0, 0.05) is 24.7 Å². The molecule has 0 saturated carbocycles. The van der Waals surface area contributed by atoms with E-state index in [1.54, 1.807) is 12.1 Å². The highest BCUT2D eigenvalue weighted by Gasteiger charge is 2.29. The fourth-order valence-corrected chi connectivity index (χ4v) is 4.36. The summed E-state index contributed by atoms with van der Waals surface area (Å²) in [5.41, 5.74) is 9.75. The Labute approximate surface area is 197 Å². The second-order valence-electron chi connectivity index (χ2n) is 8.94. The topological polar surface area (TPSA) is 123 Å². The molecule has 1 unspecified atom stereocenters. The van der Waals surface area contributed by atoms with Crippen molar-refractivity contribution >= 4 is 11.4 Å². The molecule has 0 radical (unpaired) electrons. The number of anilines is 1. The maximum atomic E-state index is 13.6. The summed E-state index contributed by atoms with van der Waals surface area (Å²) in [6, 6.07) is 7.55. The monoisotopic (exact) mass is 468 g/mol. The summed E-state index contributed by atoms with van der Waals surface area (Å²) in [7, 11) is 0. The van der Waals surface area contributed by atoms with Crippen molar-refractivity contribution in [2.45, 2.75) is 33.2 Å². The summed E-state index contributed by atoms with van der Waals surface area (Å²) in [5, 5.41) is 19.5. The number of aromatic nitrogens is 3. The van der Waals surface area contributed by atoms with E-state index in [0.717, 1.165) is 18.8 Å². The summed E-state index contributed by atoms with van der Waals surface area (Å²) in [5.74, 6) is -0.201. The number of nitrogens with zero attached hydrogens (tertiary/aromatic N) is 4. The lowest BCUT2D eigenvalue weighted by Crippen LogP contribution is -2.38. The van der Waals surface area contributed by atoms with Crippen molar-refractivity contribution in [3.05, 3.63) is 57.7 Å². The van der Waals surface area contributed by atoms with Gasteiger partial charge >= 0.3 is 5.69 Å². The number of ether oxygens (including phenoxy) is 1. The second-order valence-corrected chi connectivity index (χ2v) is 8.94. The van der Waals surface area contributed by atoms with Crippen LogP contribution in [0.25, 0.3) is 22.5 Å². The Hall–Kier alpha value is -3.37. The van der Waals surface area contributed by atoms with Gasteiger partial charge in [0.1, 0.15) is 22.9 Å². The zero-order chi connectivity index (χ0) is 24.4. The van der Waals surface area contributed by atoms with Crippen molar-refractivity contribution in [3.8, 4) is 22.5 Å². The van der Waals surface area contributed by atoms with Gasteiger partial charge in [0.2, 0.25) is 0 Å². The Kier molecular flexibility index (Phi) is 6.90. The summed E-state index contributed by atoms with van der Waals surface area (Å²) in [6.07, 6.45) is 0.409. The highest BCUT2D eigenvalue weighted by Crippen LogP contribution is 2.40. The molecular weight excluding hydrogens is 439 g/mol. The molecule has 0 amide bonds. The molecule has 0 spiro atoms. The Balaban J connectivity index is 1.91. The molecular formula is C24H29FN6O3. The molecule has 4 rings (SSSR count). The second kappa shape index (κ2) is 9.86. The van der Waals surface area contributed by atoms with Crippen LogP contribution in [0.5, 0.6) is 0 Å². The number of aromatic amines is 1. The molecule has 2 aromatic heterocycles. The van der Waals surface area contributed by atoms with E-state index in [2.05, 4.69) is 22.0 Å². The van der Waals surface area contributed by atoms with Gasteiger partial charge in [-0.05, 0) is 49.6 Å². The zero-order valence-corrected chi connectivity index (χ0v) is 19.5. The number of morpholine rings is 1. The van der Waals surface area contributed by atoms with Crippen LogP contribution < -0.4 is 5.73 Å². The van der Waals surface area contributed by atoms with Crippen LogP contribution in [-0.2, 0) is 11.2 Å². The number of benzene rings is 1. The fraction of sp³-hybridized carbons (Fsp3) is 0.417. The molecule has 3 N–H and O–H groups in total. The smallest absolute Gasteiger partial charge is 0.313 e. The molecule has 1 fully saturated rings. The van der Waals surface area contributed by atoms with Gasteiger partial charge in [0.25, 0.3) is 0 Å². The van der Waals surface area contributed by atoms with E-state index in [4.69, 9.17) is 15.5 Å². The van der Waals surface area contributed by atoms with Crippen molar-refractivity contribution in [1.82, 2.24) is 20.1 Å². The minimum absolute atomic E-state index is 0.0487. The van der Waals surface area contributed by atoms with Gasteiger partial charge in [0.05, 0.1) is 35.1 Å². The van der Waals surface area contributed by atoms with Gasteiger partial charge in [-0.2, -0.15) is 5.10 Å². The molecule has 1 atom stereocenters. The van der Waals surface area contributed by atoms with Crippen LogP contribution in [0.4, 0.5) is 15.8 Å². The van der Waals surface area contributed by atoms with Gasteiger partial charge in [-0.25, -0.2) is 9.37 Å². The van der Waals surface area contributed by atoms with Crippen LogP contribution in [0, 0.1) is 21.8 Å². The number of hydrogen-bond donors (Lipinski definition) is 2. The van der Waals surface area contributed by atoms with Crippen molar-refractivity contribution in [2.24, 2.45) is 5.92 Å². The lowest BCUT2D eigenvalue weighted by Gasteiger charge is -2.32. The number of hydrogen-bond acceptors (Lipinski definition) is 7. The highest BCUT2D eigenvalue weighted by atomic mass is 19.1. The molecule has 1 aliphatic rings. The Morgan fingerprint density at radius 3 is 2.53 bits per heavy atom. The first-order chi connectivity index (χ1) is 16.3. The van der Waals surface area contributed by atoms with E-state index in [0.29, 0.717) is 47.8 Å². The Bertz CT molecular complexity index is 1170. The first kappa shape index (κ1) is 23.8.